The van der Waals surface area contributed by atoms with Crippen molar-refractivity contribution in [1.29, 1.82) is 0 Å². The minimum atomic E-state index is 0.300. The van der Waals surface area contributed by atoms with E-state index in [9.17, 15) is 0 Å². The number of alkyl halides is 2. The zero-order chi connectivity index (χ0) is 9.90. The summed E-state index contributed by atoms with van der Waals surface area (Å²) in [5.74, 6) is 1.86. The van der Waals surface area contributed by atoms with Gasteiger partial charge in [0.25, 0.3) is 0 Å². The first kappa shape index (κ1) is 12.3. The van der Waals surface area contributed by atoms with Gasteiger partial charge < -0.3 is 0 Å². The Morgan fingerprint density at radius 1 is 1.31 bits per heavy atom. The summed E-state index contributed by atoms with van der Waals surface area (Å²) in [6.07, 6.45) is 9.15. The van der Waals surface area contributed by atoms with Crippen LogP contribution in [0.15, 0.2) is 12.7 Å². The third-order valence-electron chi connectivity index (χ3n) is 3.24. The Bertz CT molecular complexity index is 167. The molecule has 0 aliphatic heterocycles. The predicted molar refractivity (Wildman–Crippen MR) is 76.7 cm³/mol. The van der Waals surface area contributed by atoms with E-state index >= 15 is 0 Å². The second kappa shape index (κ2) is 5.33. The van der Waals surface area contributed by atoms with E-state index in [2.05, 4.69) is 64.8 Å². The van der Waals surface area contributed by atoms with Crippen LogP contribution >= 0.6 is 45.2 Å². The summed E-state index contributed by atoms with van der Waals surface area (Å²) in [5, 5.41) is 0. The number of rotatable bonds is 3. The zero-order valence-corrected chi connectivity index (χ0v) is 12.5. The van der Waals surface area contributed by atoms with Crippen LogP contribution in [-0.2, 0) is 0 Å². The van der Waals surface area contributed by atoms with E-state index in [1.54, 1.807) is 0 Å². The molecular formula is C11H18I2. The van der Waals surface area contributed by atoms with Gasteiger partial charge in [-0.3, -0.25) is 0 Å². The highest BCUT2D eigenvalue weighted by Gasteiger charge is 2.33. The van der Waals surface area contributed by atoms with Gasteiger partial charge in [0.1, 0.15) is 0 Å². The summed E-state index contributed by atoms with van der Waals surface area (Å²) in [6, 6.07) is 0. The fourth-order valence-electron chi connectivity index (χ4n) is 2.12. The minimum absolute atomic E-state index is 0.300. The summed E-state index contributed by atoms with van der Waals surface area (Å²) in [5.41, 5.74) is 0. The van der Waals surface area contributed by atoms with Crippen molar-refractivity contribution in [2.45, 2.75) is 40.5 Å². The molecule has 0 radical (unpaired) electrons. The SMILES string of the molecule is C=CC(I)(I)C1CCC(CC)CC1. The van der Waals surface area contributed by atoms with Crippen LogP contribution in [-0.4, -0.2) is 1.43 Å². The molecule has 0 aromatic heterocycles. The fourth-order valence-corrected chi connectivity index (χ4v) is 3.37. The lowest BCUT2D eigenvalue weighted by molar-refractivity contribution is 0.275. The molecule has 13 heavy (non-hydrogen) atoms. The molecule has 1 rings (SSSR count). The highest BCUT2D eigenvalue weighted by atomic mass is 127. The summed E-state index contributed by atoms with van der Waals surface area (Å²) in [6.45, 7) is 6.25. The van der Waals surface area contributed by atoms with E-state index in [1.165, 1.54) is 32.1 Å². The van der Waals surface area contributed by atoms with Gasteiger partial charge in [-0.05, 0) is 24.7 Å². The predicted octanol–water partition coefficient (Wildman–Crippen LogP) is 4.96. The molecule has 2 heteroatoms. The average molecular weight is 404 g/mol. The molecule has 0 heterocycles. The van der Waals surface area contributed by atoms with Gasteiger partial charge in [0.05, 0.1) is 1.43 Å². The lowest BCUT2D eigenvalue weighted by Gasteiger charge is -2.34. The Labute approximate surface area is 109 Å². The van der Waals surface area contributed by atoms with Crippen molar-refractivity contribution in [2.75, 3.05) is 0 Å². The van der Waals surface area contributed by atoms with Gasteiger partial charge in [-0.25, -0.2) is 0 Å². The molecule has 1 aliphatic rings. The Kier molecular flexibility index (Phi) is 5.03. The molecule has 0 aromatic rings. The van der Waals surface area contributed by atoms with Gasteiger partial charge in [-0.2, -0.15) is 0 Å². The molecule has 1 fully saturated rings. The Hall–Kier alpha value is 1.20. The first-order valence-electron chi connectivity index (χ1n) is 5.11. The third kappa shape index (κ3) is 3.36. The molecule has 0 N–H and O–H groups in total. The van der Waals surface area contributed by atoms with E-state index in [0.29, 0.717) is 1.43 Å². The van der Waals surface area contributed by atoms with Crippen LogP contribution < -0.4 is 0 Å². The van der Waals surface area contributed by atoms with E-state index in [0.717, 1.165) is 11.8 Å². The maximum atomic E-state index is 3.93. The maximum Gasteiger partial charge on any atom is 0.0938 e. The molecule has 0 bridgehead atoms. The van der Waals surface area contributed by atoms with E-state index in [4.69, 9.17) is 0 Å². The van der Waals surface area contributed by atoms with Crippen molar-refractivity contribution in [1.82, 2.24) is 0 Å². The van der Waals surface area contributed by atoms with Crippen molar-refractivity contribution in [3.8, 4) is 0 Å². The molecule has 0 atom stereocenters. The van der Waals surface area contributed by atoms with Crippen LogP contribution in [0.3, 0.4) is 0 Å². The third-order valence-corrected chi connectivity index (χ3v) is 5.88. The van der Waals surface area contributed by atoms with Crippen molar-refractivity contribution in [2.24, 2.45) is 11.8 Å². The van der Waals surface area contributed by atoms with Crippen LogP contribution in [0, 0.1) is 11.8 Å². The van der Waals surface area contributed by atoms with Gasteiger partial charge >= 0.3 is 0 Å². The van der Waals surface area contributed by atoms with Crippen molar-refractivity contribution in [3.63, 3.8) is 0 Å². The number of allylic oxidation sites excluding steroid dienone is 1. The first-order chi connectivity index (χ1) is 6.10. The van der Waals surface area contributed by atoms with Gasteiger partial charge in [-0.15, -0.1) is 6.58 Å². The summed E-state index contributed by atoms with van der Waals surface area (Å²) >= 11 is 5.09. The highest BCUT2D eigenvalue weighted by molar-refractivity contribution is 14.2. The number of hydrogen-bond acceptors (Lipinski definition) is 0. The molecular weight excluding hydrogens is 386 g/mol. The Morgan fingerprint density at radius 3 is 2.23 bits per heavy atom. The Morgan fingerprint density at radius 2 is 1.85 bits per heavy atom. The summed E-state index contributed by atoms with van der Waals surface area (Å²) < 4.78 is 0.300. The monoisotopic (exact) mass is 404 g/mol. The number of hydrogen-bond donors (Lipinski definition) is 0. The van der Waals surface area contributed by atoms with Crippen LogP contribution in [0.2, 0.25) is 0 Å². The fraction of sp³-hybridized carbons (Fsp3) is 0.818. The molecule has 0 nitrogen and oxygen atoms in total. The van der Waals surface area contributed by atoms with Crippen LogP contribution in [0.4, 0.5) is 0 Å². The normalized spacial score (nSPS) is 30.1. The lowest BCUT2D eigenvalue weighted by atomic mass is 9.79. The molecule has 1 aliphatic carbocycles. The average Bonchev–Trinajstić information content (AvgIpc) is 2.18. The second-order valence-electron chi connectivity index (χ2n) is 4.00. The second-order valence-corrected chi connectivity index (χ2v) is 9.64. The molecule has 76 valence electrons. The largest absolute Gasteiger partial charge is 0.101 e. The van der Waals surface area contributed by atoms with E-state index < -0.39 is 0 Å². The first-order valence-corrected chi connectivity index (χ1v) is 7.27. The molecule has 0 saturated heterocycles. The lowest BCUT2D eigenvalue weighted by Crippen LogP contribution is -2.26. The van der Waals surface area contributed by atoms with Gasteiger partial charge in [0, 0.05) is 0 Å². The smallest absolute Gasteiger partial charge is 0.0938 e. The van der Waals surface area contributed by atoms with E-state index in [1.807, 2.05) is 0 Å². The van der Waals surface area contributed by atoms with Crippen LogP contribution in [0.5, 0.6) is 0 Å². The highest BCUT2D eigenvalue weighted by Crippen LogP contribution is 2.46. The van der Waals surface area contributed by atoms with Gasteiger partial charge in [0.2, 0.25) is 0 Å². The van der Waals surface area contributed by atoms with Crippen LogP contribution in [0.25, 0.3) is 0 Å². The zero-order valence-electron chi connectivity index (χ0n) is 8.23. The standard InChI is InChI=1S/C11H18I2/c1-3-9-5-7-10(8-6-9)11(12,13)4-2/h4,9-10H,2-3,5-8H2,1H3. The minimum Gasteiger partial charge on any atom is -0.101 e. The Balaban J connectivity index is 2.45. The van der Waals surface area contributed by atoms with Crippen molar-refractivity contribution >= 4 is 45.2 Å². The molecule has 0 spiro atoms. The van der Waals surface area contributed by atoms with Gasteiger partial charge in [0.15, 0.2) is 0 Å². The maximum absolute atomic E-state index is 3.93. The van der Waals surface area contributed by atoms with Crippen molar-refractivity contribution in [3.05, 3.63) is 12.7 Å². The molecule has 0 unspecified atom stereocenters. The summed E-state index contributed by atoms with van der Waals surface area (Å²) in [4.78, 5) is 0. The molecule has 0 aromatic carbocycles. The molecule has 0 amide bonds. The molecule has 1 saturated carbocycles. The van der Waals surface area contributed by atoms with Crippen LogP contribution in [0.1, 0.15) is 39.0 Å². The quantitative estimate of drug-likeness (QED) is 0.355. The number of halogens is 2. The van der Waals surface area contributed by atoms with E-state index in [-0.39, 0.29) is 0 Å². The van der Waals surface area contributed by atoms with Crippen molar-refractivity contribution < 1.29 is 0 Å². The van der Waals surface area contributed by atoms with Gasteiger partial charge in [-0.1, -0.05) is 77.4 Å². The topological polar surface area (TPSA) is 0 Å². The summed E-state index contributed by atoms with van der Waals surface area (Å²) in [7, 11) is 0.